The lowest BCUT2D eigenvalue weighted by atomic mass is 10.2. The van der Waals surface area contributed by atoms with Gasteiger partial charge in [0.05, 0.1) is 20.4 Å². The molecule has 24 heavy (non-hydrogen) atoms. The predicted molar refractivity (Wildman–Crippen MR) is 83.6 cm³/mol. The topological polar surface area (TPSA) is 84.0 Å². The summed E-state index contributed by atoms with van der Waals surface area (Å²) < 4.78 is 11.8. The van der Waals surface area contributed by atoms with Gasteiger partial charge in [-0.3, -0.25) is 4.79 Å². The van der Waals surface area contributed by atoms with Crippen molar-refractivity contribution in [3.63, 3.8) is 0 Å². The molecule has 0 atom stereocenters. The van der Waals surface area contributed by atoms with Gasteiger partial charge in [-0.05, 0) is 12.1 Å². The Hall–Kier alpha value is -2.80. The van der Waals surface area contributed by atoms with Gasteiger partial charge in [-0.2, -0.15) is 9.67 Å². The van der Waals surface area contributed by atoms with Crippen LogP contribution in [-0.2, 0) is 11.3 Å². The summed E-state index contributed by atoms with van der Waals surface area (Å²) in [6, 6.07) is 8.72. The molecule has 2 N–H and O–H groups in total. The molecular weight excluding hydrogens is 334 g/mol. The van der Waals surface area contributed by atoms with Crippen LogP contribution in [0, 0.1) is 0 Å². The second kappa shape index (κ2) is 9.36. The molecule has 1 heterocycles. The maximum Gasteiger partial charge on any atom is 0.305 e. The van der Waals surface area contributed by atoms with Crippen molar-refractivity contribution in [3.05, 3.63) is 48.3 Å². The summed E-state index contributed by atoms with van der Waals surface area (Å²) in [7, 11) is 2.88. The number of hydrogen-bond donors (Lipinski definition) is 2. The summed E-state index contributed by atoms with van der Waals surface area (Å²) in [6.45, 7) is 0.167. The predicted octanol–water partition coefficient (Wildman–Crippen LogP) is -2.15. The van der Waals surface area contributed by atoms with E-state index in [0.29, 0.717) is 5.56 Å². The van der Waals surface area contributed by atoms with Crippen LogP contribution in [0.15, 0.2) is 47.8 Å². The van der Waals surface area contributed by atoms with Crippen molar-refractivity contribution in [2.24, 2.45) is 5.10 Å². The number of phenols is 1. The summed E-state index contributed by atoms with van der Waals surface area (Å²) in [6.07, 6.45) is 5.02. The number of nitrogens with zero attached hydrogens (tertiary/aromatic N) is 2. The van der Waals surface area contributed by atoms with Crippen molar-refractivity contribution in [2.45, 2.75) is 6.54 Å². The third-order valence-electron chi connectivity index (χ3n) is 3.01. The van der Waals surface area contributed by atoms with Crippen LogP contribution in [0.25, 0.3) is 0 Å². The number of methoxy groups -OCH3 is 2. The Balaban J connectivity index is 0.00000288. The van der Waals surface area contributed by atoms with E-state index in [4.69, 9.17) is 9.47 Å². The number of benzene rings is 1. The number of amides is 1. The number of hydrogen-bond acceptors (Lipinski definition) is 5. The molecule has 0 bridgehead atoms. The maximum atomic E-state index is 11.8. The van der Waals surface area contributed by atoms with Crippen LogP contribution in [0.3, 0.4) is 0 Å². The minimum atomic E-state index is -0.254. The highest BCUT2D eigenvalue weighted by Crippen LogP contribution is 2.36. The molecule has 0 aliphatic rings. The van der Waals surface area contributed by atoms with E-state index in [1.54, 1.807) is 29.1 Å². The molecule has 2 rings (SSSR count). The molecule has 8 heteroatoms. The summed E-state index contributed by atoms with van der Waals surface area (Å²) in [5.74, 6) is 0.181. The Labute approximate surface area is 145 Å². The molecule has 0 radical (unpaired) electrons. The van der Waals surface area contributed by atoms with Gasteiger partial charge >= 0.3 is 5.91 Å². The normalized spacial score (nSPS) is 10.1. The summed E-state index contributed by atoms with van der Waals surface area (Å²) >= 11 is 0. The van der Waals surface area contributed by atoms with Crippen LogP contribution in [0.5, 0.6) is 17.2 Å². The number of halogens is 1. The van der Waals surface area contributed by atoms with Gasteiger partial charge in [-0.15, -0.1) is 0 Å². The SMILES string of the molecule is COc1cc(/C=N/NC(=O)C[n+]2ccccc2)cc(OC)c1O.[Cl-]. The number of nitrogens with one attached hydrogen (secondary N) is 1. The van der Waals surface area contributed by atoms with E-state index < -0.39 is 0 Å². The number of aromatic hydroxyl groups is 1. The first-order chi connectivity index (χ1) is 11.1. The number of phenolic OH excluding ortho intramolecular Hbond substituents is 1. The van der Waals surface area contributed by atoms with E-state index in [0.717, 1.165) is 0 Å². The zero-order chi connectivity index (χ0) is 16.7. The highest BCUT2D eigenvalue weighted by Gasteiger charge is 2.10. The van der Waals surface area contributed by atoms with Crippen molar-refractivity contribution >= 4 is 12.1 Å². The Kier molecular flexibility index (Phi) is 7.51. The molecule has 1 aromatic carbocycles. The van der Waals surface area contributed by atoms with Gasteiger partial charge in [0.25, 0.3) is 0 Å². The van der Waals surface area contributed by atoms with Crippen LogP contribution in [0.1, 0.15) is 5.56 Å². The smallest absolute Gasteiger partial charge is 0.305 e. The standard InChI is InChI=1S/C16H17N3O4.ClH/c1-22-13-8-12(9-14(23-2)16(13)21)10-17-18-15(20)11-19-6-4-3-5-7-19;/h3-10H,11H2,1-2H3,(H-,17,18,20,21);1H. The highest BCUT2D eigenvalue weighted by molar-refractivity contribution is 5.84. The molecule has 0 aliphatic heterocycles. The molecule has 0 saturated carbocycles. The summed E-state index contributed by atoms with van der Waals surface area (Å²) in [5.41, 5.74) is 3.05. The molecule has 1 amide bonds. The lowest BCUT2D eigenvalue weighted by Gasteiger charge is -2.09. The monoisotopic (exact) mass is 351 g/mol. The fourth-order valence-corrected chi connectivity index (χ4v) is 1.91. The number of aromatic nitrogens is 1. The van der Waals surface area contributed by atoms with E-state index in [2.05, 4.69) is 10.5 Å². The first-order valence-electron chi connectivity index (χ1n) is 6.85. The number of pyridine rings is 1. The molecule has 128 valence electrons. The van der Waals surface area contributed by atoms with Gasteiger partial charge in [-0.1, -0.05) is 6.07 Å². The largest absolute Gasteiger partial charge is 1.00 e. The zero-order valence-electron chi connectivity index (χ0n) is 13.3. The van der Waals surface area contributed by atoms with Crippen molar-refractivity contribution in [3.8, 4) is 17.2 Å². The minimum Gasteiger partial charge on any atom is -1.00 e. The fourth-order valence-electron chi connectivity index (χ4n) is 1.91. The Morgan fingerprint density at radius 2 is 1.79 bits per heavy atom. The van der Waals surface area contributed by atoms with Gasteiger partial charge in [0, 0.05) is 17.7 Å². The molecule has 0 fully saturated rings. The molecular formula is C16H18ClN3O4. The van der Waals surface area contributed by atoms with Gasteiger partial charge in [0.1, 0.15) is 0 Å². The van der Waals surface area contributed by atoms with Crippen LogP contribution in [-0.4, -0.2) is 31.4 Å². The summed E-state index contributed by atoms with van der Waals surface area (Å²) in [5, 5.41) is 13.7. The number of hydrazone groups is 1. The van der Waals surface area contributed by atoms with Gasteiger partial charge in [0.15, 0.2) is 23.9 Å². The Bertz CT molecular complexity index is 683. The summed E-state index contributed by atoms with van der Waals surface area (Å²) in [4.78, 5) is 11.8. The molecule has 0 aliphatic carbocycles. The fraction of sp³-hybridized carbons (Fsp3) is 0.188. The number of carbonyl (C=O) groups excluding carboxylic acids is 1. The zero-order valence-corrected chi connectivity index (χ0v) is 14.0. The molecule has 7 nitrogen and oxygen atoms in total. The minimum absolute atomic E-state index is 0. The third kappa shape index (κ3) is 5.13. The molecule has 0 unspecified atom stereocenters. The second-order valence-electron chi connectivity index (χ2n) is 4.62. The van der Waals surface area contributed by atoms with Crippen LogP contribution >= 0.6 is 0 Å². The van der Waals surface area contributed by atoms with Crippen molar-refractivity contribution < 1.29 is 36.3 Å². The quantitative estimate of drug-likeness (QED) is 0.353. The van der Waals surface area contributed by atoms with E-state index in [1.165, 1.54) is 20.4 Å². The number of carbonyl (C=O) groups is 1. The van der Waals surface area contributed by atoms with Crippen molar-refractivity contribution in [1.29, 1.82) is 0 Å². The van der Waals surface area contributed by atoms with Crippen LogP contribution < -0.4 is 31.9 Å². The van der Waals surface area contributed by atoms with Gasteiger partial charge in [0.2, 0.25) is 12.3 Å². The van der Waals surface area contributed by atoms with Crippen molar-refractivity contribution in [1.82, 2.24) is 5.43 Å². The van der Waals surface area contributed by atoms with Crippen LogP contribution in [0.2, 0.25) is 0 Å². The highest BCUT2D eigenvalue weighted by atomic mass is 35.5. The number of ether oxygens (including phenoxy) is 2. The lowest BCUT2D eigenvalue weighted by Crippen LogP contribution is -3.00. The average Bonchev–Trinajstić information content (AvgIpc) is 2.57. The van der Waals surface area contributed by atoms with Gasteiger partial charge < -0.3 is 27.0 Å². The van der Waals surface area contributed by atoms with E-state index >= 15 is 0 Å². The average molecular weight is 352 g/mol. The third-order valence-corrected chi connectivity index (χ3v) is 3.01. The molecule has 0 saturated heterocycles. The Morgan fingerprint density at radius 1 is 1.21 bits per heavy atom. The van der Waals surface area contributed by atoms with E-state index in [-0.39, 0.29) is 42.1 Å². The Morgan fingerprint density at radius 3 is 2.33 bits per heavy atom. The first kappa shape index (κ1) is 19.2. The molecule has 1 aromatic heterocycles. The second-order valence-corrected chi connectivity index (χ2v) is 4.62. The van der Waals surface area contributed by atoms with Crippen molar-refractivity contribution in [2.75, 3.05) is 14.2 Å². The first-order valence-corrected chi connectivity index (χ1v) is 6.85. The van der Waals surface area contributed by atoms with E-state index in [9.17, 15) is 9.90 Å². The molecule has 2 aromatic rings. The maximum absolute atomic E-state index is 11.8. The van der Waals surface area contributed by atoms with Crippen LogP contribution in [0.4, 0.5) is 0 Å². The number of rotatable bonds is 6. The van der Waals surface area contributed by atoms with Gasteiger partial charge in [-0.25, -0.2) is 5.43 Å². The van der Waals surface area contributed by atoms with E-state index in [1.807, 2.05) is 18.2 Å². The molecule has 0 spiro atoms. The lowest BCUT2D eigenvalue weighted by molar-refractivity contribution is -0.684.